The van der Waals surface area contributed by atoms with Gasteiger partial charge in [-0.1, -0.05) is 41.4 Å². The van der Waals surface area contributed by atoms with Crippen molar-refractivity contribution in [3.05, 3.63) is 63.3 Å². The van der Waals surface area contributed by atoms with E-state index in [1.807, 2.05) is 0 Å². The van der Waals surface area contributed by atoms with Crippen molar-refractivity contribution in [3.8, 4) is 0 Å². The molecule has 0 radical (unpaired) electrons. The molecule has 8 heteroatoms. The molecule has 0 aliphatic carbocycles. The largest absolute Gasteiger partial charge is 0.461 e. The fraction of sp³-hybridized carbons (Fsp3) is 0.263. The molecule has 142 valence electrons. The minimum atomic E-state index is -3.75. The van der Waals surface area contributed by atoms with Crippen molar-refractivity contribution in [2.24, 2.45) is 0 Å². The van der Waals surface area contributed by atoms with Gasteiger partial charge in [-0.2, -0.15) is 13.9 Å². The summed E-state index contributed by atoms with van der Waals surface area (Å²) in [6, 6.07) is 9.09. The summed E-state index contributed by atoms with van der Waals surface area (Å²) in [7, 11) is 0. The number of halogens is 4. The Bertz CT molecular complexity index is 998. The van der Waals surface area contributed by atoms with Crippen molar-refractivity contribution < 1.29 is 18.3 Å². The van der Waals surface area contributed by atoms with Crippen molar-refractivity contribution in [3.63, 3.8) is 0 Å². The van der Waals surface area contributed by atoms with Crippen molar-refractivity contribution >= 4 is 40.1 Å². The number of hydrogen-bond acceptors (Lipinski definition) is 3. The first-order valence-electron chi connectivity index (χ1n) is 8.21. The Labute approximate surface area is 164 Å². The quantitative estimate of drug-likeness (QED) is 0.530. The van der Waals surface area contributed by atoms with Gasteiger partial charge in [0.2, 0.25) is 0 Å². The van der Waals surface area contributed by atoms with E-state index in [2.05, 4.69) is 9.84 Å². The van der Waals surface area contributed by atoms with Gasteiger partial charge in [-0.05, 0) is 32.0 Å². The van der Waals surface area contributed by atoms with Gasteiger partial charge in [0.15, 0.2) is 0 Å². The Morgan fingerprint density at radius 2 is 1.89 bits per heavy atom. The Balaban J connectivity index is 2.09. The first kappa shape index (κ1) is 19.6. The number of carbonyl (C=O) groups excluding carboxylic acids is 1. The standard InChI is InChI=1S/C19H16Cl2F2N2O2/c1-3-27-18(26)19(22,23)12-7-8-13-11(2)24-25(17(13)9-12)10-14-15(20)5-4-6-16(14)21/h4-9H,3,10H2,1-2H3. The van der Waals surface area contributed by atoms with Crippen LogP contribution in [0.3, 0.4) is 0 Å². The van der Waals surface area contributed by atoms with E-state index in [1.54, 1.807) is 29.8 Å². The summed E-state index contributed by atoms with van der Waals surface area (Å²) >= 11 is 12.4. The zero-order chi connectivity index (χ0) is 19.8. The van der Waals surface area contributed by atoms with Crippen molar-refractivity contribution in [2.45, 2.75) is 26.3 Å². The number of esters is 1. The number of aryl methyl sites for hydroxylation is 1. The average Bonchev–Trinajstić information content (AvgIpc) is 2.94. The number of aromatic nitrogens is 2. The molecule has 0 unspecified atom stereocenters. The van der Waals surface area contributed by atoms with E-state index in [4.69, 9.17) is 23.2 Å². The van der Waals surface area contributed by atoms with Gasteiger partial charge in [0.25, 0.3) is 0 Å². The molecule has 0 saturated heterocycles. The lowest BCUT2D eigenvalue weighted by molar-refractivity contribution is -0.173. The molecule has 2 aromatic carbocycles. The number of carbonyl (C=O) groups is 1. The van der Waals surface area contributed by atoms with Gasteiger partial charge in [0, 0.05) is 26.6 Å². The van der Waals surface area contributed by atoms with Crippen LogP contribution >= 0.6 is 23.2 Å². The van der Waals surface area contributed by atoms with Gasteiger partial charge in [-0.3, -0.25) is 4.68 Å². The minimum Gasteiger partial charge on any atom is -0.461 e. The lowest BCUT2D eigenvalue weighted by Gasteiger charge is -2.15. The summed E-state index contributed by atoms with van der Waals surface area (Å²) in [4.78, 5) is 11.6. The smallest absolute Gasteiger partial charge is 0.381 e. The van der Waals surface area contributed by atoms with Gasteiger partial charge >= 0.3 is 11.9 Å². The van der Waals surface area contributed by atoms with E-state index < -0.39 is 17.5 Å². The SMILES string of the molecule is CCOC(=O)C(F)(F)c1ccc2c(C)nn(Cc3c(Cl)cccc3Cl)c2c1. The van der Waals surface area contributed by atoms with E-state index in [-0.39, 0.29) is 13.2 Å². The maximum Gasteiger partial charge on any atom is 0.381 e. The summed E-state index contributed by atoms with van der Waals surface area (Å²) in [6.07, 6.45) is 0. The number of nitrogens with zero attached hydrogens (tertiary/aromatic N) is 2. The van der Waals surface area contributed by atoms with Crippen LogP contribution < -0.4 is 0 Å². The second-order valence-corrected chi connectivity index (χ2v) is 6.78. The highest BCUT2D eigenvalue weighted by Gasteiger charge is 2.43. The topological polar surface area (TPSA) is 44.1 Å². The maximum atomic E-state index is 14.4. The van der Waals surface area contributed by atoms with E-state index in [9.17, 15) is 13.6 Å². The lowest BCUT2D eigenvalue weighted by Crippen LogP contribution is -2.28. The molecule has 0 bridgehead atoms. The van der Waals surface area contributed by atoms with E-state index in [0.29, 0.717) is 32.2 Å². The zero-order valence-electron chi connectivity index (χ0n) is 14.6. The Morgan fingerprint density at radius 3 is 2.52 bits per heavy atom. The van der Waals surface area contributed by atoms with Gasteiger partial charge < -0.3 is 4.74 Å². The summed E-state index contributed by atoms with van der Waals surface area (Å²) < 4.78 is 34.9. The van der Waals surface area contributed by atoms with Gasteiger partial charge in [-0.25, -0.2) is 4.79 Å². The predicted octanol–water partition coefficient (Wildman–Crippen LogP) is 5.35. The van der Waals surface area contributed by atoms with Crippen LogP contribution in [0.1, 0.15) is 23.7 Å². The number of fused-ring (bicyclic) bond motifs is 1. The van der Waals surface area contributed by atoms with Crippen LogP contribution in [-0.4, -0.2) is 22.4 Å². The molecule has 1 aromatic heterocycles. The highest BCUT2D eigenvalue weighted by molar-refractivity contribution is 6.36. The third-order valence-corrected chi connectivity index (χ3v) is 4.91. The first-order valence-corrected chi connectivity index (χ1v) is 8.96. The maximum absolute atomic E-state index is 14.4. The van der Waals surface area contributed by atoms with E-state index in [0.717, 1.165) is 0 Å². The van der Waals surface area contributed by atoms with Crippen LogP contribution in [0.2, 0.25) is 10.0 Å². The Kier molecular flexibility index (Phi) is 5.40. The molecule has 0 saturated carbocycles. The van der Waals surface area contributed by atoms with Crippen molar-refractivity contribution in [1.82, 2.24) is 9.78 Å². The summed E-state index contributed by atoms with van der Waals surface area (Å²) in [5.41, 5.74) is 1.29. The van der Waals surface area contributed by atoms with Crippen LogP contribution in [0.25, 0.3) is 10.9 Å². The minimum absolute atomic E-state index is 0.126. The molecule has 0 amide bonds. The molecule has 3 aromatic rings. The number of benzene rings is 2. The van der Waals surface area contributed by atoms with Crippen LogP contribution in [-0.2, 0) is 22.0 Å². The number of ether oxygens (including phenoxy) is 1. The molecule has 0 spiro atoms. The molecule has 1 heterocycles. The third-order valence-electron chi connectivity index (χ3n) is 4.20. The predicted molar refractivity (Wildman–Crippen MR) is 101 cm³/mol. The molecular formula is C19H16Cl2F2N2O2. The van der Waals surface area contributed by atoms with E-state index in [1.165, 1.54) is 25.1 Å². The summed E-state index contributed by atoms with van der Waals surface area (Å²) in [5.74, 6) is -5.34. The summed E-state index contributed by atoms with van der Waals surface area (Å²) in [6.45, 7) is 3.33. The highest BCUT2D eigenvalue weighted by Crippen LogP contribution is 2.33. The number of alkyl halides is 2. The molecule has 3 rings (SSSR count). The second kappa shape index (κ2) is 7.44. The van der Waals surface area contributed by atoms with Crippen molar-refractivity contribution in [2.75, 3.05) is 6.61 Å². The fourth-order valence-corrected chi connectivity index (χ4v) is 3.35. The van der Waals surface area contributed by atoms with Crippen LogP contribution in [0.5, 0.6) is 0 Å². The molecule has 4 nitrogen and oxygen atoms in total. The molecule has 0 aliphatic heterocycles. The first-order chi connectivity index (χ1) is 12.8. The lowest BCUT2D eigenvalue weighted by atomic mass is 10.1. The monoisotopic (exact) mass is 412 g/mol. The van der Waals surface area contributed by atoms with Gasteiger partial charge in [0.1, 0.15) is 0 Å². The third kappa shape index (κ3) is 3.64. The molecular weight excluding hydrogens is 397 g/mol. The molecule has 0 N–H and O–H groups in total. The highest BCUT2D eigenvalue weighted by atomic mass is 35.5. The summed E-state index contributed by atoms with van der Waals surface area (Å²) in [5, 5.41) is 6.02. The number of rotatable bonds is 5. The van der Waals surface area contributed by atoms with Gasteiger partial charge in [-0.15, -0.1) is 0 Å². The molecule has 0 aliphatic rings. The molecule has 0 fully saturated rings. The molecule has 0 atom stereocenters. The van der Waals surface area contributed by atoms with Crippen LogP contribution in [0.4, 0.5) is 8.78 Å². The van der Waals surface area contributed by atoms with Gasteiger partial charge in [0.05, 0.1) is 24.4 Å². The van der Waals surface area contributed by atoms with Crippen LogP contribution in [0.15, 0.2) is 36.4 Å². The van der Waals surface area contributed by atoms with Crippen LogP contribution in [0, 0.1) is 6.92 Å². The Morgan fingerprint density at radius 1 is 1.22 bits per heavy atom. The normalized spacial score (nSPS) is 11.8. The average molecular weight is 413 g/mol. The van der Waals surface area contributed by atoms with E-state index >= 15 is 0 Å². The Hall–Kier alpha value is -2.18. The number of hydrogen-bond donors (Lipinski definition) is 0. The second-order valence-electron chi connectivity index (χ2n) is 5.97. The fourth-order valence-electron chi connectivity index (χ4n) is 2.83. The zero-order valence-corrected chi connectivity index (χ0v) is 16.1. The van der Waals surface area contributed by atoms with Crippen molar-refractivity contribution in [1.29, 1.82) is 0 Å². The molecule has 27 heavy (non-hydrogen) atoms.